The zero-order valence-electron chi connectivity index (χ0n) is 7.15. The number of H-pyrrole nitrogens is 1. The van der Waals surface area contributed by atoms with Gasteiger partial charge in [-0.15, -0.1) is 0 Å². The maximum Gasteiger partial charge on any atom is 0.343 e. The number of rotatable bonds is 0. The van der Waals surface area contributed by atoms with Crippen LogP contribution in [0.4, 0.5) is 4.79 Å². The maximum atomic E-state index is 10.3. The highest BCUT2D eigenvalue weighted by Gasteiger charge is 1.87. The van der Waals surface area contributed by atoms with Crippen molar-refractivity contribution in [3.8, 4) is 5.75 Å². The van der Waals surface area contributed by atoms with Gasteiger partial charge < -0.3 is 10.1 Å². The highest BCUT2D eigenvalue weighted by molar-refractivity contribution is 5.72. The first-order valence-electron chi connectivity index (χ1n) is 3.45. The molecule has 0 radical (unpaired) electrons. The lowest BCUT2D eigenvalue weighted by molar-refractivity contribution is 0.241. The molecule has 1 aromatic rings. The van der Waals surface area contributed by atoms with Crippen molar-refractivity contribution >= 4 is 6.03 Å². The Labute approximate surface area is 78.9 Å². The van der Waals surface area contributed by atoms with E-state index < -0.39 is 11.6 Å². The van der Waals surface area contributed by atoms with E-state index >= 15 is 0 Å². The molecule has 8 nitrogen and oxygen atoms in total. The number of hydrogen-bond acceptors (Lipinski definition) is 5. The second kappa shape index (κ2) is 6.46. The Morgan fingerprint density at radius 3 is 2.21 bits per heavy atom. The van der Waals surface area contributed by atoms with Crippen molar-refractivity contribution in [2.24, 2.45) is 11.7 Å². The number of aromatic hydroxyl groups is 1. The summed E-state index contributed by atoms with van der Waals surface area (Å²) >= 11 is 0. The Morgan fingerprint density at radius 2 is 2.00 bits per heavy atom. The molecule has 1 rings (SSSR count). The first-order valence-corrected chi connectivity index (χ1v) is 3.45. The van der Waals surface area contributed by atoms with Crippen molar-refractivity contribution < 1.29 is 9.90 Å². The van der Waals surface area contributed by atoms with E-state index in [4.69, 9.17) is 5.11 Å². The van der Waals surface area contributed by atoms with Gasteiger partial charge in [-0.1, -0.05) is 0 Å². The van der Waals surface area contributed by atoms with Crippen LogP contribution < -0.4 is 28.1 Å². The van der Waals surface area contributed by atoms with Gasteiger partial charge in [-0.25, -0.2) is 16.5 Å². The van der Waals surface area contributed by atoms with E-state index in [0.29, 0.717) is 0 Å². The quantitative estimate of drug-likeness (QED) is 0.165. The molecule has 0 bridgehead atoms. The highest BCUT2D eigenvalue weighted by atomic mass is 16.3. The van der Waals surface area contributed by atoms with Crippen LogP contribution in [0, 0.1) is 0 Å². The van der Waals surface area contributed by atoms with E-state index in [-0.39, 0.29) is 5.75 Å². The monoisotopic (exact) mass is 201 g/mol. The molecule has 0 aliphatic heterocycles. The standard InChI is InChI=1S/C5H5NO2.CH6N4O/c7-4-2-1-3-6-5(4)8;2-4-1(6)5-3/h1-3,7H,(H,6,8);2-3H2,(H2,4,5,6). The average molecular weight is 201 g/mol. The molecule has 1 heterocycles. The molecule has 0 saturated heterocycles. The minimum atomic E-state index is -0.602. The fraction of sp³-hybridized carbons (Fsp3) is 0. The number of nitrogens with two attached hydrogens (primary N) is 2. The predicted molar refractivity (Wildman–Crippen MR) is 48.8 cm³/mol. The molecule has 0 aliphatic rings. The number of hydrazine groups is 2. The summed E-state index contributed by atoms with van der Waals surface area (Å²) in [5, 5.41) is 8.58. The van der Waals surface area contributed by atoms with E-state index in [2.05, 4.69) is 16.7 Å². The lowest BCUT2D eigenvalue weighted by atomic mass is 10.5. The zero-order chi connectivity index (χ0) is 11.0. The number of aromatic nitrogens is 1. The normalized spacial score (nSPS) is 8.14. The fourth-order valence-corrected chi connectivity index (χ4v) is 0.454. The van der Waals surface area contributed by atoms with Crippen molar-refractivity contribution in [1.82, 2.24) is 15.8 Å². The number of hydrogen-bond donors (Lipinski definition) is 6. The largest absolute Gasteiger partial charge is 0.503 e. The molecular formula is C6H11N5O3. The summed E-state index contributed by atoms with van der Waals surface area (Å²) in [6.07, 6.45) is 1.46. The van der Waals surface area contributed by atoms with Crippen LogP contribution in [0.15, 0.2) is 23.1 Å². The topological polar surface area (TPSA) is 146 Å². The first kappa shape index (κ1) is 11.9. The second-order valence-electron chi connectivity index (χ2n) is 2.00. The Morgan fingerprint density at radius 1 is 1.43 bits per heavy atom. The summed E-state index contributed by atoms with van der Waals surface area (Å²) in [5.74, 6) is 8.84. The van der Waals surface area contributed by atoms with Crippen molar-refractivity contribution in [3.05, 3.63) is 28.7 Å². The molecule has 8 N–H and O–H groups in total. The van der Waals surface area contributed by atoms with E-state index in [1.807, 2.05) is 0 Å². The van der Waals surface area contributed by atoms with E-state index in [1.54, 1.807) is 16.9 Å². The van der Waals surface area contributed by atoms with Gasteiger partial charge in [-0.2, -0.15) is 0 Å². The van der Waals surface area contributed by atoms with Gasteiger partial charge in [0.2, 0.25) is 0 Å². The number of nitrogens with one attached hydrogen (secondary N) is 3. The third-order valence-corrected chi connectivity index (χ3v) is 1.06. The highest BCUT2D eigenvalue weighted by Crippen LogP contribution is 1.92. The number of urea groups is 1. The smallest absolute Gasteiger partial charge is 0.343 e. The van der Waals surface area contributed by atoms with Gasteiger partial charge in [0.25, 0.3) is 5.56 Å². The molecule has 78 valence electrons. The molecule has 0 saturated carbocycles. The van der Waals surface area contributed by atoms with Crippen LogP contribution in [0.5, 0.6) is 5.75 Å². The average Bonchev–Trinajstić information content (AvgIpc) is 2.22. The minimum absolute atomic E-state index is 0.243. The van der Waals surface area contributed by atoms with Gasteiger partial charge in [-0.05, 0) is 12.1 Å². The second-order valence-corrected chi connectivity index (χ2v) is 2.00. The molecule has 8 heteroatoms. The minimum Gasteiger partial charge on any atom is -0.503 e. The lowest BCUT2D eigenvalue weighted by Crippen LogP contribution is -2.43. The SMILES string of the molecule is NNC(=O)NN.O=c1[nH]cccc1O. The summed E-state index contributed by atoms with van der Waals surface area (Å²) in [6.45, 7) is 0. The number of aromatic amines is 1. The Balaban J connectivity index is 0.000000255. The van der Waals surface area contributed by atoms with Crippen molar-refractivity contribution in [2.75, 3.05) is 0 Å². The maximum absolute atomic E-state index is 10.3. The van der Waals surface area contributed by atoms with Crippen molar-refractivity contribution in [3.63, 3.8) is 0 Å². The zero-order valence-corrected chi connectivity index (χ0v) is 7.15. The molecule has 0 aliphatic carbocycles. The van der Waals surface area contributed by atoms with Crippen LogP contribution in [0.3, 0.4) is 0 Å². The van der Waals surface area contributed by atoms with Crippen LogP contribution in [0.1, 0.15) is 0 Å². The number of amides is 2. The van der Waals surface area contributed by atoms with Crippen LogP contribution in [0.25, 0.3) is 0 Å². The van der Waals surface area contributed by atoms with Crippen molar-refractivity contribution in [2.45, 2.75) is 0 Å². The molecule has 14 heavy (non-hydrogen) atoms. The molecular weight excluding hydrogens is 190 g/mol. The Kier molecular flexibility index (Phi) is 5.51. The summed E-state index contributed by atoms with van der Waals surface area (Å²) in [4.78, 5) is 22.3. The number of pyridine rings is 1. The van der Waals surface area contributed by atoms with E-state index in [9.17, 15) is 9.59 Å². The number of carbonyl (C=O) groups excluding carboxylic acids is 1. The van der Waals surface area contributed by atoms with Gasteiger partial charge in [0.15, 0.2) is 5.75 Å². The fourth-order valence-electron chi connectivity index (χ4n) is 0.454. The van der Waals surface area contributed by atoms with Gasteiger partial charge in [0, 0.05) is 6.20 Å². The van der Waals surface area contributed by atoms with Crippen LogP contribution in [-0.4, -0.2) is 16.1 Å². The first-order chi connectivity index (χ1) is 6.61. The molecule has 0 spiro atoms. The summed E-state index contributed by atoms with van der Waals surface area (Å²) in [6, 6.07) is 2.28. The molecule has 1 aromatic heterocycles. The third-order valence-electron chi connectivity index (χ3n) is 1.06. The summed E-state index contributed by atoms with van der Waals surface area (Å²) < 4.78 is 0. The lowest BCUT2D eigenvalue weighted by Gasteiger charge is -1.90. The molecule has 0 unspecified atom stereocenters. The Hall–Kier alpha value is -2.06. The molecule has 0 fully saturated rings. The van der Waals surface area contributed by atoms with Crippen LogP contribution in [0.2, 0.25) is 0 Å². The van der Waals surface area contributed by atoms with E-state index in [1.165, 1.54) is 12.3 Å². The van der Waals surface area contributed by atoms with Gasteiger partial charge in [0.05, 0.1) is 0 Å². The summed E-state index contributed by atoms with van der Waals surface area (Å²) in [7, 11) is 0. The summed E-state index contributed by atoms with van der Waals surface area (Å²) in [5.41, 5.74) is 3.03. The van der Waals surface area contributed by atoms with E-state index in [0.717, 1.165) is 0 Å². The third kappa shape index (κ3) is 4.74. The number of carbonyl (C=O) groups is 1. The predicted octanol–water partition coefficient (Wildman–Crippen LogP) is -1.89. The van der Waals surface area contributed by atoms with Gasteiger partial charge in [0.1, 0.15) is 0 Å². The van der Waals surface area contributed by atoms with Crippen molar-refractivity contribution in [1.29, 1.82) is 0 Å². The Bertz CT molecular complexity index is 330. The molecule has 0 atom stereocenters. The van der Waals surface area contributed by atoms with Crippen LogP contribution >= 0.6 is 0 Å². The molecule has 0 aromatic carbocycles. The molecule has 2 amide bonds. The van der Waals surface area contributed by atoms with Gasteiger partial charge in [-0.3, -0.25) is 15.6 Å². The van der Waals surface area contributed by atoms with Crippen LogP contribution in [-0.2, 0) is 0 Å². The van der Waals surface area contributed by atoms with Gasteiger partial charge >= 0.3 is 6.03 Å².